The molecule has 100 valence electrons. The standard InChI is InChI=1S/C14H18Cl2FN/c15-8-10-3-1-5-12(7-10)18-9-11-4-2-6-13(17)14(11)16/h2,4,6,10,12,18H,1,3,5,7-9H2. The molecule has 18 heavy (non-hydrogen) atoms. The third-order valence-electron chi connectivity index (χ3n) is 3.61. The highest BCUT2D eigenvalue weighted by molar-refractivity contribution is 6.31. The van der Waals surface area contributed by atoms with Crippen LogP contribution in [0.4, 0.5) is 4.39 Å². The second-order valence-corrected chi connectivity index (χ2v) is 5.66. The molecule has 2 rings (SSSR count). The number of benzene rings is 1. The lowest BCUT2D eigenvalue weighted by Gasteiger charge is -2.28. The van der Waals surface area contributed by atoms with E-state index in [1.165, 1.54) is 25.3 Å². The van der Waals surface area contributed by atoms with Crippen LogP contribution in [0.15, 0.2) is 18.2 Å². The average molecular weight is 290 g/mol. The van der Waals surface area contributed by atoms with E-state index in [1.807, 2.05) is 6.07 Å². The van der Waals surface area contributed by atoms with Gasteiger partial charge in [0.15, 0.2) is 0 Å². The van der Waals surface area contributed by atoms with Crippen molar-refractivity contribution < 1.29 is 4.39 Å². The quantitative estimate of drug-likeness (QED) is 0.812. The zero-order valence-electron chi connectivity index (χ0n) is 10.3. The van der Waals surface area contributed by atoms with Gasteiger partial charge in [0.05, 0.1) is 5.02 Å². The largest absolute Gasteiger partial charge is 0.310 e. The maximum atomic E-state index is 13.3. The zero-order valence-corrected chi connectivity index (χ0v) is 11.8. The SMILES string of the molecule is Fc1cccc(CNC2CCCC(CCl)C2)c1Cl. The first-order chi connectivity index (χ1) is 8.70. The van der Waals surface area contributed by atoms with Crippen LogP contribution in [0, 0.1) is 11.7 Å². The molecule has 0 bridgehead atoms. The van der Waals surface area contributed by atoms with Gasteiger partial charge in [-0.05, 0) is 36.8 Å². The lowest BCUT2D eigenvalue weighted by atomic mass is 9.87. The molecule has 2 atom stereocenters. The van der Waals surface area contributed by atoms with Gasteiger partial charge in [0.2, 0.25) is 0 Å². The third-order valence-corrected chi connectivity index (χ3v) is 4.47. The molecule has 1 saturated carbocycles. The second-order valence-electron chi connectivity index (χ2n) is 4.98. The summed E-state index contributed by atoms with van der Waals surface area (Å²) < 4.78 is 13.3. The Morgan fingerprint density at radius 2 is 2.17 bits per heavy atom. The number of alkyl halides is 1. The Hall–Kier alpha value is -0.310. The van der Waals surface area contributed by atoms with Gasteiger partial charge in [-0.1, -0.05) is 30.2 Å². The molecular weight excluding hydrogens is 272 g/mol. The molecule has 2 unspecified atom stereocenters. The Balaban J connectivity index is 1.89. The monoisotopic (exact) mass is 289 g/mol. The minimum absolute atomic E-state index is 0.231. The summed E-state index contributed by atoms with van der Waals surface area (Å²) in [6.07, 6.45) is 4.71. The molecule has 1 aromatic rings. The fourth-order valence-corrected chi connectivity index (χ4v) is 3.03. The van der Waals surface area contributed by atoms with Crippen LogP contribution in [0.1, 0.15) is 31.2 Å². The summed E-state index contributed by atoms with van der Waals surface area (Å²) in [5, 5.41) is 3.69. The molecule has 0 aromatic heterocycles. The van der Waals surface area contributed by atoms with E-state index >= 15 is 0 Å². The maximum Gasteiger partial charge on any atom is 0.142 e. The molecule has 1 aromatic carbocycles. The maximum absolute atomic E-state index is 13.3. The molecule has 0 spiro atoms. The van der Waals surface area contributed by atoms with Crippen molar-refractivity contribution in [3.05, 3.63) is 34.6 Å². The van der Waals surface area contributed by atoms with Gasteiger partial charge >= 0.3 is 0 Å². The van der Waals surface area contributed by atoms with Gasteiger partial charge in [-0.15, -0.1) is 11.6 Å². The van der Waals surface area contributed by atoms with Crippen LogP contribution in [0.3, 0.4) is 0 Å². The summed E-state index contributed by atoms with van der Waals surface area (Å²) in [7, 11) is 0. The number of nitrogens with one attached hydrogen (secondary N) is 1. The molecule has 4 heteroatoms. The van der Waals surface area contributed by atoms with Gasteiger partial charge in [-0.2, -0.15) is 0 Å². The Morgan fingerprint density at radius 3 is 2.94 bits per heavy atom. The fourth-order valence-electron chi connectivity index (χ4n) is 2.56. The molecule has 1 fully saturated rings. The first-order valence-electron chi connectivity index (χ1n) is 6.43. The molecule has 0 amide bonds. The second kappa shape index (κ2) is 6.74. The average Bonchev–Trinajstić information content (AvgIpc) is 2.41. The highest BCUT2D eigenvalue weighted by atomic mass is 35.5. The number of hydrogen-bond acceptors (Lipinski definition) is 1. The Bertz CT molecular complexity index is 397. The predicted molar refractivity (Wildman–Crippen MR) is 74.7 cm³/mol. The van der Waals surface area contributed by atoms with Crippen LogP contribution in [0.2, 0.25) is 5.02 Å². The van der Waals surface area contributed by atoms with E-state index in [2.05, 4.69) is 5.32 Å². The number of halogens is 3. The first-order valence-corrected chi connectivity index (χ1v) is 7.34. The van der Waals surface area contributed by atoms with Gasteiger partial charge in [-0.25, -0.2) is 4.39 Å². The summed E-state index contributed by atoms with van der Waals surface area (Å²) >= 11 is 11.8. The molecule has 0 saturated heterocycles. The van der Waals surface area contributed by atoms with Crippen molar-refractivity contribution in [3.63, 3.8) is 0 Å². The van der Waals surface area contributed by atoms with Crippen molar-refractivity contribution in [2.24, 2.45) is 5.92 Å². The normalized spacial score (nSPS) is 24.2. The van der Waals surface area contributed by atoms with Crippen LogP contribution >= 0.6 is 23.2 Å². The lowest BCUT2D eigenvalue weighted by molar-refractivity contribution is 0.303. The van der Waals surface area contributed by atoms with Crippen molar-refractivity contribution in [1.82, 2.24) is 5.32 Å². The fraction of sp³-hybridized carbons (Fsp3) is 0.571. The van der Waals surface area contributed by atoms with Crippen molar-refractivity contribution in [2.75, 3.05) is 5.88 Å². The van der Waals surface area contributed by atoms with E-state index in [-0.39, 0.29) is 10.8 Å². The molecular formula is C14H18Cl2FN. The number of rotatable bonds is 4. The van der Waals surface area contributed by atoms with Crippen molar-refractivity contribution >= 4 is 23.2 Å². The van der Waals surface area contributed by atoms with Crippen molar-refractivity contribution in [2.45, 2.75) is 38.3 Å². The summed E-state index contributed by atoms with van der Waals surface area (Å²) in [6.45, 7) is 0.621. The van der Waals surface area contributed by atoms with Gasteiger partial charge in [0.25, 0.3) is 0 Å². The highest BCUT2D eigenvalue weighted by Crippen LogP contribution is 2.26. The topological polar surface area (TPSA) is 12.0 Å². The van der Waals surface area contributed by atoms with Gasteiger partial charge in [0.1, 0.15) is 5.82 Å². The highest BCUT2D eigenvalue weighted by Gasteiger charge is 2.21. The van der Waals surface area contributed by atoms with E-state index in [0.717, 1.165) is 17.9 Å². The van der Waals surface area contributed by atoms with E-state index < -0.39 is 0 Å². The Kier molecular flexibility index (Phi) is 5.28. The molecule has 0 heterocycles. The molecule has 0 radical (unpaired) electrons. The van der Waals surface area contributed by atoms with E-state index in [9.17, 15) is 4.39 Å². The summed E-state index contributed by atoms with van der Waals surface area (Å²) in [5.74, 6) is 0.998. The minimum Gasteiger partial charge on any atom is -0.310 e. The van der Waals surface area contributed by atoms with Gasteiger partial charge < -0.3 is 5.32 Å². The van der Waals surface area contributed by atoms with Crippen LogP contribution < -0.4 is 5.32 Å². The van der Waals surface area contributed by atoms with Crippen LogP contribution in [0.5, 0.6) is 0 Å². The van der Waals surface area contributed by atoms with Crippen LogP contribution in [-0.2, 0) is 6.54 Å². The molecule has 1 aliphatic carbocycles. The summed E-state index contributed by atoms with van der Waals surface area (Å²) in [6, 6.07) is 5.42. The van der Waals surface area contributed by atoms with Crippen molar-refractivity contribution in [1.29, 1.82) is 0 Å². The zero-order chi connectivity index (χ0) is 13.0. The van der Waals surface area contributed by atoms with Crippen molar-refractivity contribution in [3.8, 4) is 0 Å². The summed E-state index contributed by atoms with van der Waals surface area (Å²) in [4.78, 5) is 0. The molecule has 1 aliphatic rings. The smallest absolute Gasteiger partial charge is 0.142 e. The van der Waals surface area contributed by atoms with E-state index in [0.29, 0.717) is 18.5 Å². The first kappa shape index (κ1) is 14.1. The van der Waals surface area contributed by atoms with Crippen LogP contribution in [0.25, 0.3) is 0 Å². The third kappa shape index (κ3) is 3.59. The van der Waals surface area contributed by atoms with Gasteiger partial charge in [0, 0.05) is 18.5 Å². The summed E-state index contributed by atoms with van der Waals surface area (Å²) in [5.41, 5.74) is 0.824. The van der Waals surface area contributed by atoms with E-state index in [1.54, 1.807) is 6.07 Å². The Morgan fingerprint density at radius 1 is 1.33 bits per heavy atom. The van der Waals surface area contributed by atoms with E-state index in [4.69, 9.17) is 23.2 Å². The van der Waals surface area contributed by atoms with Gasteiger partial charge in [-0.3, -0.25) is 0 Å². The lowest BCUT2D eigenvalue weighted by Crippen LogP contribution is -2.34. The minimum atomic E-state index is -0.349. The van der Waals surface area contributed by atoms with Crippen LogP contribution in [-0.4, -0.2) is 11.9 Å². The molecule has 1 N–H and O–H groups in total. The predicted octanol–water partition coefficient (Wildman–Crippen LogP) is 4.37. The molecule has 1 nitrogen and oxygen atoms in total. The number of hydrogen-bond donors (Lipinski definition) is 1. The Labute approximate surface area is 118 Å². The molecule has 0 aliphatic heterocycles.